The number of nitrogens with zero attached hydrogens (tertiary/aromatic N) is 2. The van der Waals surface area contributed by atoms with Gasteiger partial charge >= 0.3 is 0 Å². The lowest BCUT2D eigenvalue weighted by Gasteiger charge is -2.13. The first-order valence-corrected chi connectivity index (χ1v) is 6.33. The standard InChI is InChI=1S/C15H18ClN3/c1-3-17-18-12-6-4-5-7-13-19(2)15-10-8-14(16)9-11-15/h3-13,18H,1-2H3/b5-4+,12-6+,13-7+,17-3-. The van der Waals surface area contributed by atoms with E-state index in [1.165, 1.54) is 0 Å². The van der Waals surface area contributed by atoms with Crippen LogP contribution >= 0.6 is 11.6 Å². The van der Waals surface area contributed by atoms with Crippen LogP contribution < -0.4 is 10.3 Å². The molecule has 100 valence electrons. The zero-order chi connectivity index (χ0) is 13.9. The van der Waals surface area contributed by atoms with E-state index >= 15 is 0 Å². The topological polar surface area (TPSA) is 27.6 Å². The summed E-state index contributed by atoms with van der Waals surface area (Å²) in [4.78, 5) is 2.02. The number of benzene rings is 1. The lowest BCUT2D eigenvalue weighted by atomic mass is 10.3. The minimum atomic E-state index is 0.744. The number of hydrogen-bond acceptors (Lipinski definition) is 3. The number of hydrogen-bond donors (Lipinski definition) is 1. The molecule has 0 saturated carbocycles. The van der Waals surface area contributed by atoms with Gasteiger partial charge in [-0.05, 0) is 43.3 Å². The van der Waals surface area contributed by atoms with Gasteiger partial charge in [-0.25, -0.2) is 0 Å². The van der Waals surface area contributed by atoms with Gasteiger partial charge in [0.05, 0.1) is 0 Å². The Labute approximate surface area is 119 Å². The summed E-state index contributed by atoms with van der Waals surface area (Å²) in [6.07, 6.45) is 13.1. The van der Waals surface area contributed by atoms with Gasteiger partial charge in [0.1, 0.15) is 0 Å². The Kier molecular flexibility index (Phi) is 7.13. The van der Waals surface area contributed by atoms with Crippen molar-refractivity contribution in [3.63, 3.8) is 0 Å². The summed E-state index contributed by atoms with van der Waals surface area (Å²) in [5.41, 5.74) is 3.84. The molecule has 0 spiro atoms. The molecule has 1 N–H and O–H groups in total. The second-order valence-electron chi connectivity index (χ2n) is 3.69. The van der Waals surface area contributed by atoms with Crippen molar-refractivity contribution in [2.75, 3.05) is 11.9 Å². The summed E-state index contributed by atoms with van der Waals surface area (Å²) >= 11 is 5.84. The van der Waals surface area contributed by atoms with Crippen LogP contribution in [0, 0.1) is 0 Å². The van der Waals surface area contributed by atoms with E-state index in [1.807, 2.05) is 73.6 Å². The van der Waals surface area contributed by atoms with E-state index < -0.39 is 0 Å². The molecule has 0 bridgehead atoms. The first-order chi connectivity index (χ1) is 9.24. The molecule has 0 saturated heterocycles. The highest BCUT2D eigenvalue weighted by atomic mass is 35.5. The Morgan fingerprint density at radius 3 is 2.47 bits per heavy atom. The SMILES string of the molecule is C/C=N\N/C=C/C=C/C=C/N(C)c1ccc(Cl)cc1. The summed E-state index contributed by atoms with van der Waals surface area (Å²) in [5.74, 6) is 0. The van der Waals surface area contributed by atoms with Crippen LogP contribution in [0.5, 0.6) is 0 Å². The van der Waals surface area contributed by atoms with Crippen LogP contribution in [0.25, 0.3) is 0 Å². The van der Waals surface area contributed by atoms with Crippen LogP contribution in [0.3, 0.4) is 0 Å². The van der Waals surface area contributed by atoms with Crippen LogP contribution in [0.15, 0.2) is 66.1 Å². The Morgan fingerprint density at radius 1 is 1.11 bits per heavy atom. The van der Waals surface area contributed by atoms with E-state index in [4.69, 9.17) is 11.6 Å². The van der Waals surface area contributed by atoms with Crippen molar-refractivity contribution in [3.8, 4) is 0 Å². The smallest absolute Gasteiger partial charge is 0.0407 e. The highest BCUT2D eigenvalue weighted by Crippen LogP contribution is 2.16. The Morgan fingerprint density at radius 2 is 1.79 bits per heavy atom. The van der Waals surface area contributed by atoms with Crippen molar-refractivity contribution in [2.45, 2.75) is 6.92 Å². The molecule has 0 aliphatic carbocycles. The summed E-state index contributed by atoms with van der Waals surface area (Å²) in [6.45, 7) is 1.85. The van der Waals surface area contributed by atoms with Gasteiger partial charge in [0.15, 0.2) is 0 Å². The van der Waals surface area contributed by atoms with E-state index in [9.17, 15) is 0 Å². The molecule has 4 heteroatoms. The highest BCUT2D eigenvalue weighted by molar-refractivity contribution is 6.30. The molecule has 0 radical (unpaired) electrons. The van der Waals surface area contributed by atoms with Crippen LogP contribution in [0.2, 0.25) is 5.02 Å². The maximum atomic E-state index is 5.84. The molecule has 0 unspecified atom stereocenters. The Bertz CT molecular complexity index is 473. The lowest BCUT2D eigenvalue weighted by Crippen LogP contribution is -2.06. The van der Waals surface area contributed by atoms with Crippen molar-refractivity contribution in [2.24, 2.45) is 5.10 Å². The van der Waals surface area contributed by atoms with Crippen molar-refractivity contribution >= 4 is 23.5 Å². The average Bonchev–Trinajstić information content (AvgIpc) is 2.42. The van der Waals surface area contributed by atoms with Crippen LogP contribution in [-0.4, -0.2) is 13.3 Å². The molecule has 0 atom stereocenters. The van der Waals surface area contributed by atoms with Crippen molar-refractivity contribution in [1.29, 1.82) is 0 Å². The van der Waals surface area contributed by atoms with E-state index in [-0.39, 0.29) is 0 Å². The largest absolute Gasteiger partial charge is 0.351 e. The highest BCUT2D eigenvalue weighted by Gasteiger charge is 1.94. The number of nitrogens with one attached hydrogen (secondary N) is 1. The van der Waals surface area contributed by atoms with E-state index in [1.54, 1.807) is 12.4 Å². The van der Waals surface area contributed by atoms with Crippen molar-refractivity contribution in [1.82, 2.24) is 5.43 Å². The maximum Gasteiger partial charge on any atom is 0.0407 e. The van der Waals surface area contributed by atoms with Crippen LogP contribution in [0.4, 0.5) is 5.69 Å². The average molecular weight is 276 g/mol. The summed E-state index contributed by atoms with van der Waals surface area (Å²) in [6, 6.07) is 7.70. The fraction of sp³-hybridized carbons (Fsp3) is 0.133. The molecule has 1 aromatic rings. The van der Waals surface area contributed by atoms with E-state index in [2.05, 4.69) is 10.5 Å². The number of halogens is 1. The number of allylic oxidation sites excluding steroid dienone is 4. The zero-order valence-corrected chi connectivity index (χ0v) is 11.9. The third-order valence-electron chi connectivity index (χ3n) is 2.25. The van der Waals surface area contributed by atoms with E-state index in [0.717, 1.165) is 10.7 Å². The summed E-state index contributed by atoms with van der Waals surface area (Å²) < 4.78 is 0. The van der Waals surface area contributed by atoms with Gasteiger partial charge in [0.2, 0.25) is 0 Å². The molecule has 1 aromatic carbocycles. The van der Waals surface area contributed by atoms with Gasteiger partial charge in [-0.2, -0.15) is 5.10 Å². The molecule has 0 aliphatic heterocycles. The Hall–Kier alpha value is -2.00. The van der Waals surface area contributed by atoms with E-state index in [0.29, 0.717) is 0 Å². The minimum absolute atomic E-state index is 0.744. The maximum absolute atomic E-state index is 5.84. The number of rotatable bonds is 6. The van der Waals surface area contributed by atoms with Crippen molar-refractivity contribution in [3.05, 3.63) is 66.0 Å². The monoisotopic (exact) mass is 275 g/mol. The predicted octanol–water partition coefficient (Wildman–Crippen LogP) is 3.96. The summed E-state index contributed by atoms with van der Waals surface area (Å²) in [5, 5.41) is 4.58. The summed E-state index contributed by atoms with van der Waals surface area (Å²) in [7, 11) is 1.99. The second-order valence-corrected chi connectivity index (χ2v) is 4.13. The molecule has 0 aromatic heterocycles. The van der Waals surface area contributed by atoms with Crippen LogP contribution in [0.1, 0.15) is 6.92 Å². The molecule has 1 rings (SSSR count). The van der Waals surface area contributed by atoms with Crippen LogP contribution in [-0.2, 0) is 0 Å². The van der Waals surface area contributed by atoms with Gasteiger partial charge < -0.3 is 4.90 Å². The quantitative estimate of drug-likeness (QED) is 0.483. The van der Waals surface area contributed by atoms with Gasteiger partial charge in [-0.3, -0.25) is 5.43 Å². The third kappa shape index (κ3) is 6.48. The minimum Gasteiger partial charge on any atom is -0.351 e. The normalized spacial score (nSPS) is 12.2. The van der Waals surface area contributed by atoms with Gasteiger partial charge in [0, 0.05) is 36.4 Å². The molecular formula is C15H18ClN3. The molecular weight excluding hydrogens is 258 g/mol. The first-order valence-electron chi connectivity index (χ1n) is 5.95. The molecule has 0 aliphatic rings. The van der Waals surface area contributed by atoms with Gasteiger partial charge in [-0.15, -0.1) is 0 Å². The number of hydrazone groups is 1. The molecule has 0 fully saturated rings. The fourth-order valence-corrected chi connectivity index (χ4v) is 1.41. The molecule has 19 heavy (non-hydrogen) atoms. The Balaban J connectivity index is 2.41. The molecule has 3 nitrogen and oxygen atoms in total. The second kappa shape index (κ2) is 9.00. The predicted molar refractivity (Wildman–Crippen MR) is 84.6 cm³/mol. The van der Waals surface area contributed by atoms with Crippen molar-refractivity contribution < 1.29 is 0 Å². The molecule has 0 amide bonds. The third-order valence-corrected chi connectivity index (χ3v) is 2.50. The fourth-order valence-electron chi connectivity index (χ4n) is 1.29. The van der Waals surface area contributed by atoms with Gasteiger partial charge in [-0.1, -0.05) is 23.8 Å². The lowest BCUT2D eigenvalue weighted by molar-refractivity contribution is 0.974. The molecule has 0 heterocycles. The number of anilines is 1. The van der Waals surface area contributed by atoms with Gasteiger partial charge in [0.25, 0.3) is 0 Å². The first kappa shape index (κ1) is 15.1. The zero-order valence-electron chi connectivity index (χ0n) is 11.1.